The molecule has 9 nitrogen and oxygen atoms in total. The average molecular weight is 529 g/mol. The minimum absolute atomic E-state index is 0.0588. The second kappa shape index (κ2) is 12.6. The molecular weight excluding hydrogens is 484 g/mol. The summed E-state index contributed by atoms with van der Waals surface area (Å²) in [5.41, 5.74) is 6.50. The number of hydrogen-bond donors (Lipinski definition) is 3. The Kier molecular flexibility index (Phi) is 9.79. The highest BCUT2D eigenvalue weighted by Gasteiger charge is 2.48. The molecule has 4 atom stereocenters. The molecule has 210 valence electrons. The first-order valence-corrected chi connectivity index (χ1v) is 13.9. The number of aryl methyl sites for hydroxylation is 1. The summed E-state index contributed by atoms with van der Waals surface area (Å²) in [7, 11) is 0. The van der Waals surface area contributed by atoms with Crippen molar-refractivity contribution in [1.29, 1.82) is 0 Å². The molecule has 9 heteroatoms. The third-order valence-electron chi connectivity index (χ3n) is 7.25. The Morgan fingerprint density at radius 3 is 2.18 bits per heavy atom. The van der Waals surface area contributed by atoms with Crippen LogP contribution in [0, 0.1) is 5.92 Å². The van der Waals surface area contributed by atoms with Crippen LogP contribution in [0.4, 0.5) is 4.79 Å². The molecule has 4 N–H and O–H groups in total. The molecule has 4 unspecified atom stereocenters. The van der Waals surface area contributed by atoms with Gasteiger partial charge < -0.3 is 26.0 Å². The topological polar surface area (TPSA) is 131 Å². The van der Waals surface area contributed by atoms with E-state index in [-0.39, 0.29) is 23.9 Å². The van der Waals surface area contributed by atoms with Gasteiger partial charge in [-0.05, 0) is 63.5 Å². The maximum Gasteiger partial charge on any atom is 0.408 e. The smallest absolute Gasteiger partial charge is 0.408 e. The highest BCUT2D eigenvalue weighted by atomic mass is 16.6. The van der Waals surface area contributed by atoms with Crippen LogP contribution in [0.5, 0.6) is 0 Å². The van der Waals surface area contributed by atoms with Crippen LogP contribution in [-0.2, 0) is 25.5 Å². The minimum atomic E-state index is -1.25. The summed E-state index contributed by atoms with van der Waals surface area (Å²) in [6.07, 6.45) is 5.44. The fraction of sp³-hybridized carbons (Fsp3) is 0.655. The van der Waals surface area contributed by atoms with E-state index in [2.05, 4.69) is 17.6 Å². The van der Waals surface area contributed by atoms with E-state index in [4.69, 9.17) is 10.5 Å². The van der Waals surface area contributed by atoms with Gasteiger partial charge in [0.05, 0.1) is 6.42 Å². The molecule has 0 aliphatic heterocycles. The average Bonchev–Trinajstić information content (AvgIpc) is 3.56. The molecule has 1 aromatic rings. The largest absolute Gasteiger partial charge is 0.444 e. The molecule has 2 saturated carbocycles. The summed E-state index contributed by atoms with van der Waals surface area (Å²) in [6.45, 7) is 9.20. The number of nitrogens with zero attached hydrogens (tertiary/aromatic N) is 1. The highest BCUT2D eigenvalue weighted by molar-refractivity contribution is 5.95. The Morgan fingerprint density at radius 2 is 1.68 bits per heavy atom. The van der Waals surface area contributed by atoms with Gasteiger partial charge in [0.2, 0.25) is 17.7 Å². The molecule has 2 fully saturated rings. The zero-order chi connectivity index (χ0) is 28.0. The van der Waals surface area contributed by atoms with Crippen LogP contribution in [0.25, 0.3) is 0 Å². The lowest BCUT2D eigenvalue weighted by molar-refractivity contribution is -0.144. The third kappa shape index (κ3) is 8.20. The lowest BCUT2D eigenvalue weighted by Crippen LogP contribution is -2.55. The summed E-state index contributed by atoms with van der Waals surface area (Å²) in [6, 6.07) is 5.42. The molecule has 0 aromatic heterocycles. The van der Waals surface area contributed by atoms with Crippen LogP contribution in [0.3, 0.4) is 0 Å². The van der Waals surface area contributed by atoms with Gasteiger partial charge in [0.25, 0.3) is 0 Å². The number of alkyl carbamates (subject to hydrolysis) is 1. The van der Waals surface area contributed by atoms with Crippen LogP contribution in [0.15, 0.2) is 24.3 Å². The number of rotatable bonds is 10. The summed E-state index contributed by atoms with van der Waals surface area (Å²) in [5.74, 6) is -1.33. The lowest BCUT2D eigenvalue weighted by Gasteiger charge is -2.36. The van der Waals surface area contributed by atoms with E-state index in [1.165, 1.54) is 0 Å². The first kappa shape index (κ1) is 29.5. The molecule has 38 heavy (non-hydrogen) atoms. The summed E-state index contributed by atoms with van der Waals surface area (Å²) in [4.78, 5) is 54.1. The molecule has 4 amide bonds. The Balaban J connectivity index is 1.97. The molecule has 0 saturated heterocycles. The van der Waals surface area contributed by atoms with E-state index in [9.17, 15) is 19.2 Å². The molecule has 0 bridgehead atoms. The molecule has 0 radical (unpaired) electrons. The lowest BCUT2D eigenvalue weighted by atomic mass is 9.94. The van der Waals surface area contributed by atoms with Gasteiger partial charge in [0.15, 0.2) is 0 Å². The minimum Gasteiger partial charge on any atom is -0.444 e. The van der Waals surface area contributed by atoms with Crippen LogP contribution in [0.2, 0.25) is 0 Å². The van der Waals surface area contributed by atoms with Crippen molar-refractivity contribution < 1.29 is 23.9 Å². The standard InChI is InChI=1S/C29H44N4O5/c1-6-19-12-14-20(15-13-19)25(26(35)31-21-10-8-7-9-11-21)33(23-16-18(23)2)27(36)22(17-24(30)34)32-28(37)38-29(3,4)5/h12-15,18,21-23,25H,6-11,16-17H2,1-5H3,(H2,30,34)(H,31,35)(H,32,37). The maximum atomic E-state index is 14.1. The molecule has 2 aliphatic rings. The second-order valence-electron chi connectivity index (χ2n) is 11.7. The van der Waals surface area contributed by atoms with E-state index >= 15 is 0 Å². The summed E-state index contributed by atoms with van der Waals surface area (Å²) < 4.78 is 5.34. The van der Waals surface area contributed by atoms with Gasteiger partial charge in [-0.1, -0.05) is 57.4 Å². The van der Waals surface area contributed by atoms with Gasteiger partial charge in [-0.3, -0.25) is 14.4 Å². The summed E-state index contributed by atoms with van der Waals surface area (Å²) >= 11 is 0. The fourth-order valence-corrected chi connectivity index (χ4v) is 5.10. The van der Waals surface area contributed by atoms with Crippen LogP contribution in [0.1, 0.15) is 96.7 Å². The van der Waals surface area contributed by atoms with Gasteiger partial charge >= 0.3 is 6.09 Å². The van der Waals surface area contributed by atoms with E-state index in [1.807, 2.05) is 31.2 Å². The van der Waals surface area contributed by atoms with E-state index < -0.39 is 42.0 Å². The van der Waals surface area contributed by atoms with Crippen molar-refractivity contribution in [2.24, 2.45) is 11.7 Å². The third-order valence-corrected chi connectivity index (χ3v) is 7.25. The predicted octanol–water partition coefficient (Wildman–Crippen LogP) is 3.74. The SMILES string of the molecule is CCc1ccc(C(C(=O)NC2CCCCC2)N(C(=O)C(CC(N)=O)NC(=O)OC(C)(C)C)C2CC2C)cc1. The molecular formula is C29H44N4O5. The Hall–Kier alpha value is -3.10. The zero-order valence-electron chi connectivity index (χ0n) is 23.4. The number of primary amides is 1. The van der Waals surface area contributed by atoms with Gasteiger partial charge in [-0.15, -0.1) is 0 Å². The molecule has 0 heterocycles. The maximum absolute atomic E-state index is 14.1. The highest BCUT2D eigenvalue weighted by Crippen LogP contribution is 2.41. The number of nitrogens with two attached hydrogens (primary N) is 1. The number of carbonyl (C=O) groups excluding carboxylic acids is 4. The first-order valence-electron chi connectivity index (χ1n) is 13.9. The van der Waals surface area contributed by atoms with Gasteiger partial charge in [0, 0.05) is 12.1 Å². The first-order chi connectivity index (χ1) is 17.9. The van der Waals surface area contributed by atoms with E-state index in [1.54, 1.807) is 25.7 Å². The Bertz CT molecular complexity index is 997. The number of carbonyl (C=O) groups is 4. The van der Waals surface area contributed by atoms with Crippen molar-refractivity contribution in [1.82, 2.24) is 15.5 Å². The summed E-state index contributed by atoms with van der Waals surface area (Å²) in [5, 5.41) is 5.74. The normalized spacial score (nSPS) is 21.1. The number of amides is 4. The number of ether oxygens (including phenoxy) is 1. The van der Waals surface area contributed by atoms with Crippen molar-refractivity contribution in [3.63, 3.8) is 0 Å². The van der Waals surface area contributed by atoms with Gasteiger partial charge in [-0.2, -0.15) is 0 Å². The van der Waals surface area contributed by atoms with Crippen LogP contribution in [-0.4, -0.2) is 52.4 Å². The van der Waals surface area contributed by atoms with Crippen molar-refractivity contribution in [3.05, 3.63) is 35.4 Å². The number of hydrogen-bond acceptors (Lipinski definition) is 5. The molecule has 3 rings (SSSR count). The van der Waals surface area contributed by atoms with Crippen LogP contribution < -0.4 is 16.4 Å². The number of benzene rings is 1. The van der Waals surface area contributed by atoms with Crippen molar-refractivity contribution in [2.45, 2.75) is 116 Å². The van der Waals surface area contributed by atoms with Crippen molar-refractivity contribution in [3.8, 4) is 0 Å². The van der Waals surface area contributed by atoms with Gasteiger partial charge in [-0.25, -0.2) is 4.79 Å². The second-order valence-corrected chi connectivity index (χ2v) is 11.7. The molecule has 2 aliphatic carbocycles. The van der Waals surface area contributed by atoms with Crippen molar-refractivity contribution in [2.75, 3.05) is 0 Å². The number of nitrogens with one attached hydrogen (secondary N) is 2. The quantitative estimate of drug-likeness (QED) is 0.426. The van der Waals surface area contributed by atoms with E-state index in [0.717, 1.165) is 50.5 Å². The Morgan fingerprint density at radius 1 is 1.08 bits per heavy atom. The van der Waals surface area contributed by atoms with Gasteiger partial charge in [0.1, 0.15) is 17.7 Å². The zero-order valence-corrected chi connectivity index (χ0v) is 23.4. The molecule has 0 spiro atoms. The van der Waals surface area contributed by atoms with Crippen molar-refractivity contribution >= 4 is 23.8 Å². The fourth-order valence-electron chi connectivity index (χ4n) is 5.10. The van der Waals surface area contributed by atoms with Crippen LogP contribution >= 0.6 is 0 Å². The predicted molar refractivity (Wildman–Crippen MR) is 145 cm³/mol. The Labute approximate surface area is 226 Å². The monoisotopic (exact) mass is 528 g/mol. The molecule has 1 aromatic carbocycles. The van der Waals surface area contributed by atoms with E-state index in [0.29, 0.717) is 5.56 Å².